The van der Waals surface area contributed by atoms with E-state index in [9.17, 15) is 0 Å². The highest BCUT2D eigenvalue weighted by Gasteiger charge is 2.42. The third-order valence-electron chi connectivity index (χ3n) is 1.85. The van der Waals surface area contributed by atoms with Crippen LogP contribution in [0.3, 0.4) is 0 Å². The molecule has 0 spiro atoms. The van der Waals surface area contributed by atoms with Crippen LogP contribution < -0.4 is 0 Å². The lowest BCUT2D eigenvalue weighted by Gasteiger charge is -2.15. The van der Waals surface area contributed by atoms with E-state index < -0.39 is 0 Å². The zero-order chi connectivity index (χ0) is 6.20. The fraction of sp³-hybridized carbons (Fsp3) is 0.714. The third-order valence-corrected chi connectivity index (χ3v) is 1.85. The molecule has 0 saturated heterocycles. The van der Waals surface area contributed by atoms with Gasteiger partial charge in [0.1, 0.15) is 0 Å². The Balaban J connectivity index is 0.000000640. The standard InChI is InChI=1S/C7H11N.ClH/c1-4-7(5-6-7)8(2)3;/h1H,5-6H2,2-3H3;1H. The van der Waals surface area contributed by atoms with Crippen molar-refractivity contribution in [2.75, 3.05) is 14.1 Å². The smallest absolute Gasteiger partial charge is 0.0820 e. The van der Waals surface area contributed by atoms with Gasteiger partial charge < -0.3 is 0 Å². The highest BCUT2D eigenvalue weighted by Crippen LogP contribution is 2.38. The lowest BCUT2D eigenvalue weighted by atomic mass is 10.3. The molecule has 0 N–H and O–H groups in total. The van der Waals surface area contributed by atoms with Gasteiger partial charge in [0.05, 0.1) is 5.54 Å². The van der Waals surface area contributed by atoms with E-state index in [1.54, 1.807) is 0 Å². The van der Waals surface area contributed by atoms with Crippen LogP contribution in [-0.4, -0.2) is 24.5 Å². The van der Waals surface area contributed by atoms with Crippen LogP contribution >= 0.6 is 12.4 Å². The van der Waals surface area contributed by atoms with Crippen molar-refractivity contribution in [3.8, 4) is 12.3 Å². The summed E-state index contributed by atoms with van der Waals surface area (Å²) in [5, 5.41) is 0. The highest BCUT2D eigenvalue weighted by atomic mass is 35.5. The Labute approximate surface area is 62.8 Å². The van der Waals surface area contributed by atoms with E-state index in [1.165, 1.54) is 12.8 Å². The van der Waals surface area contributed by atoms with E-state index in [-0.39, 0.29) is 17.9 Å². The summed E-state index contributed by atoms with van der Waals surface area (Å²) >= 11 is 0. The topological polar surface area (TPSA) is 3.24 Å². The quantitative estimate of drug-likeness (QED) is 0.501. The Morgan fingerprint density at radius 2 is 1.89 bits per heavy atom. The SMILES string of the molecule is C#CC1(N(C)C)CC1.Cl. The molecule has 0 unspecified atom stereocenters. The predicted molar refractivity (Wildman–Crippen MR) is 41.7 cm³/mol. The summed E-state index contributed by atoms with van der Waals surface area (Å²) in [6.07, 6.45) is 7.63. The number of nitrogens with zero attached hydrogens (tertiary/aromatic N) is 1. The number of hydrogen-bond acceptors (Lipinski definition) is 1. The Kier molecular flexibility index (Phi) is 2.54. The van der Waals surface area contributed by atoms with Gasteiger partial charge in [-0.3, -0.25) is 4.90 Å². The second kappa shape index (κ2) is 2.60. The molecule has 0 bridgehead atoms. The second-order valence-electron chi connectivity index (χ2n) is 2.57. The van der Waals surface area contributed by atoms with E-state index in [2.05, 4.69) is 10.8 Å². The van der Waals surface area contributed by atoms with Crippen molar-refractivity contribution in [3.63, 3.8) is 0 Å². The first-order valence-electron chi connectivity index (χ1n) is 2.86. The largest absolute Gasteiger partial charge is 0.293 e. The molecule has 1 rings (SSSR count). The van der Waals surface area contributed by atoms with Crippen molar-refractivity contribution in [2.24, 2.45) is 0 Å². The van der Waals surface area contributed by atoms with Crippen LogP contribution in [0.25, 0.3) is 0 Å². The molecule has 2 heteroatoms. The zero-order valence-corrected chi connectivity index (χ0v) is 6.66. The average molecular weight is 146 g/mol. The summed E-state index contributed by atoms with van der Waals surface area (Å²) in [6.45, 7) is 0. The highest BCUT2D eigenvalue weighted by molar-refractivity contribution is 5.85. The minimum atomic E-state index is 0. The van der Waals surface area contributed by atoms with Crippen LogP contribution in [0.15, 0.2) is 0 Å². The molecule has 1 saturated carbocycles. The van der Waals surface area contributed by atoms with E-state index in [4.69, 9.17) is 6.42 Å². The molecule has 1 fully saturated rings. The summed E-state index contributed by atoms with van der Waals surface area (Å²) < 4.78 is 0. The first kappa shape index (κ1) is 8.81. The lowest BCUT2D eigenvalue weighted by molar-refractivity contribution is 0.336. The fourth-order valence-electron chi connectivity index (χ4n) is 0.839. The molecule has 9 heavy (non-hydrogen) atoms. The zero-order valence-electron chi connectivity index (χ0n) is 5.85. The van der Waals surface area contributed by atoms with Crippen molar-refractivity contribution in [2.45, 2.75) is 18.4 Å². The first-order valence-corrected chi connectivity index (χ1v) is 2.86. The summed E-state index contributed by atoms with van der Waals surface area (Å²) in [7, 11) is 4.07. The second-order valence-corrected chi connectivity index (χ2v) is 2.57. The van der Waals surface area contributed by atoms with Gasteiger partial charge in [0, 0.05) is 0 Å². The van der Waals surface area contributed by atoms with E-state index in [0.717, 1.165) is 0 Å². The van der Waals surface area contributed by atoms with Gasteiger partial charge in [-0.05, 0) is 26.9 Å². The van der Waals surface area contributed by atoms with Gasteiger partial charge in [0.2, 0.25) is 0 Å². The number of hydrogen-bond donors (Lipinski definition) is 0. The van der Waals surface area contributed by atoms with Crippen LogP contribution in [0, 0.1) is 12.3 Å². The molecule has 0 aromatic carbocycles. The molecule has 0 aromatic heterocycles. The number of rotatable bonds is 1. The van der Waals surface area contributed by atoms with Crippen LogP contribution in [0.2, 0.25) is 0 Å². The van der Waals surface area contributed by atoms with E-state index in [0.29, 0.717) is 0 Å². The normalized spacial score (nSPS) is 20.2. The molecule has 0 amide bonds. The number of halogens is 1. The van der Waals surface area contributed by atoms with Crippen molar-refractivity contribution in [1.29, 1.82) is 0 Å². The fourth-order valence-corrected chi connectivity index (χ4v) is 0.839. The van der Waals surface area contributed by atoms with Crippen LogP contribution in [0.4, 0.5) is 0 Å². The molecule has 52 valence electrons. The molecule has 1 aliphatic rings. The van der Waals surface area contributed by atoms with Crippen LogP contribution in [0.1, 0.15) is 12.8 Å². The van der Waals surface area contributed by atoms with Gasteiger partial charge in [-0.1, -0.05) is 5.92 Å². The summed E-state index contributed by atoms with van der Waals surface area (Å²) in [5.41, 5.74) is 0.153. The molecule has 0 heterocycles. The Morgan fingerprint density at radius 3 is 1.89 bits per heavy atom. The van der Waals surface area contributed by atoms with Gasteiger partial charge in [-0.25, -0.2) is 0 Å². The Bertz CT molecular complexity index is 130. The third kappa shape index (κ3) is 1.38. The van der Waals surface area contributed by atoms with Gasteiger partial charge in [-0.2, -0.15) is 0 Å². The van der Waals surface area contributed by atoms with Crippen molar-refractivity contribution < 1.29 is 0 Å². The van der Waals surface area contributed by atoms with E-state index in [1.807, 2.05) is 14.1 Å². The molecular formula is C7H12ClN. The van der Waals surface area contributed by atoms with Gasteiger partial charge in [-0.15, -0.1) is 18.8 Å². The molecule has 0 aliphatic heterocycles. The van der Waals surface area contributed by atoms with Gasteiger partial charge >= 0.3 is 0 Å². The maximum Gasteiger partial charge on any atom is 0.0820 e. The van der Waals surface area contributed by atoms with Gasteiger partial charge in [0.15, 0.2) is 0 Å². The molecule has 0 aromatic rings. The van der Waals surface area contributed by atoms with Crippen LogP contribution in [-0.2, 0) is 0 Å². The minimum Gasteiger partial charge on any atom is -0.293 e. The minimum absolute atomic E-state index is 0. The lowest BCUT2D eigenvalue weighted by Crippen LogP contribution is -2.27. The molecular weight excluding hydrogens is 134 g/mol. The molecule has 1 aliphatic carbocycles. The summed E-state index contributed by atoms with van der Waals surface area (Å²) in [5.74, 6) is 2.78. The van der Waals surface area contributed by atoms with Crippen molar-refractivity contribution in [3.05, 3.63) is 0 Å². The average Bonchev–Trinajstić information content (AvgIpc) is 2.44. The maximum atomic E-state index is 5.28. The summed E-state index contributed by atoms with van der Waals surface area (Å²) in [6, 6.07) is 0. The number of terminal acetylenes is 1. The predicted octanol–water partition coefficient (Wildman–Crippen LogP) is 1.14. The van der Waals surface area contributed by atoms with Crippen molar-refractivity contribution >= 4 is 12.4 Å². The Morgan fingerprint density at radius 1 is 1.44 bits per heavy atom. The first-order chi connectivity index (χ1) is 3.71. The van der Waals surface area contributed by atoms with Crippen molar-refractivity contribution in [1.82, 2.24) is 4.90 Å². The Hall–Kier alpha value is -0.190. The van der Waals surface area contributed by atoms with Crippen LogP contribution in [0.5, 0.6) is 0 Å². The summed E-state index contributed by atoms with van der Waals surface area (Å²) in [4.78, 5) is 2.12. The van der Waals surface area contributed by atoms with E-state index >= 15 is 0 Å². The van der Waals surface area contributed by atoms with Gasteiger partial charge in [0.25, 0.3) is 0 Å². The monoisotopic (exact) mass is 145 g/mol. The maximum absolute atomic E-state index is 5.28. The molecule has 1 nitrogen and oxygen atoms in total. The molecule has 0 atom stereocenters. The molecule has 0 radical (unpaired) electrons.